The molecule has 2 aromatic heterocycles. The number of fused-ring (bicyclic) bond motifs is 3. The van der Waals surface area contributed by atoms with Gasteiger partial charge in [-0.05, 0) is 38.0 Å². The van der Waals surface area contributed by atoms with Gasteiger partial charge in [0.1, 0.15) is 6.10 Å². The second-order valence-electron chi connectivity index (χ2n) is 7.56. The van der Waals surface area contributed by atoms with Crippen molar-refractivity contribution < 1.29 is 9.53 Å². The van der Waals surface area contributed by atoms with Crippen LogP contribution in [0.4, 0.5) is 0 Å². The van der Waals surface area contributed by atoms with Crippen LogP contribution in [0.15, 0.2) is 36.5 Å². The number of imidazole rings is 1. The van der Waals surface area contributed by atoms with Gasteiger partial charge in [-0.2, -0.15) is 0 Å². The minimum Gasteiger partial charge on any atom is -0.481 e. The molecule has 140 valence electrons. The number of carbonyl (C=O) groups is 1. The Balaban J connectivity index is 1.91. The average Bonchev–Trinajstić information content (AvgIpc) is 2.95. The monoisotopic (exact) mass is 363 g/mol. The predicted octanol–water partition coefficient (Wildman–Crippen LogP) is 3.96. The third-order valence-electron chi connectivity index (χ3n) is 5.61. The Morgan fingerprint density at radius 3 is 2.59 bits per heavy atom. The van der Waals surface area contributed by atoms with Gasteiger partial charge in [0, 0.05) is 38.0 Å². The number of likely N-dealkylation sites (N-methyl/N-ethyl adjacent to an activating group) is 1. The predicted molar refractivity (Wildman–Crippen MR) is 105 cm³/mol. The van der Waals surface area contributed by atoms with Gasteiger partial charge >= 0.3 is 0 Å². The molecule has 1 aromatic carbocycles. The lowest BCUT2D eigenvalue weighted by atomic mass is 9.86. The fourth-order valence-electron chi connectivity index (χ4n) is 3.94. The maximum Gasteiger partial charge on any atom is 0.229 e. The number of hydrogen-bond donors (Lipinski definition) is 0. The van der Waals surface area contributed by atoms with Gasteiger partial charge in [0.05, 0.1) is 11.6 Å². The van der Waals surface area contributed by atoms with Crippen LogP contribution in [0.1, 0.15) is 46.5 Å². The van der Waals surface area contributed by atoms with Gasteiger partial charge in [-0.1, -0.05) is 24.3 Å². The number of aryl methyl sites for hydroxylation is 3. The Kier molecular flexibility index (Phi) is 4.17. The van der Waals surface area contributed by atoms with Crippen LogP contribution >= 0.6 is 0 Å². The highest BCUT2D eigenvalue weighted by atomic mass is 16.5. The molecule has 1 aliphatic rings. The molecule has 0 spiro atoms. The number of pyridine rings is 1. The van der Waals surface area contributed by atoms with E-state index in [0.717, 1.165) is 33.9 Å². The molecule has 5 heteroatoms. The first-order valence-electron chi connectivity index (χ1n) is 9.30. The molecule has 1 unspecified atom stereocenters. The molecule has 2 atom stereocenters. The fourth-order valence-corrected chi connectivity index (χ4v) is 3.94. The average molecular weight is 363 g/mol. The molecule has 0 radical (unpaired) electrons. The van der Waals surface area contributed by atoms with Crippen molar-refractivity contribution >= 4 is 11.6 Å². The number of ether oxygens (including phenoxy) is 1. The van der Waals surface area contributed by atoms with E-state index in [9.17, 15) is 4.79 Å². The second-order valence-corrected chi connectivity index (χ2v) is 7.56. The van der Waals surface area contributed by atoms with E-state index in [1.54, 1.807) is 4.90 Å². The molecule has 27 heavy (non-hydrogen) atoms. The molecular formula is C22H25N3O2. The third kappa shape index (κ3) is 2.78. The molecule has 0 saturated carbocycles. The number of benzene rings is 1. The van der Waals surface area contributed by atoms with Gasteiger partial charge in [-0.15, -0.1) is 0 Å². The van der Waals surface area contributed by atoms with Crippen molar-refractivity contribution in [3.05, 3.63) is 64.6 Å². The smallest absolute Gasteiger partial charge is 0.229 e. The summed E-state index contributed by atoms with van der Waals surface area (Å²) in [5.74, 6) is 0.589. The first-order chi connectivity index (χ1) is 12.9. The van der Waals surface area contributed by atoms with Gasteiger partial charge in [0.25, 0.3) is 0 Å². The van der Waals surface area contributed by atoms with Gasteiger partial charge in [0.2, 0.25) is 5.91 Å². The Bertz CT molecular complexity index is 1040. The molecule has 0 bridgehead atoms. The summed E-state index contributed by atoms with van der Waals surface area (Å²) in [7, 11) is 3.62. The Morgan fingerprint density at radius 2 is 1.89 bits per heavy atom. The van der Waals surface area contributed by atoms with Crippen LogP contribution < -0.4 is 4.74 Å². The molecule has 0 saturated heterocycles. The van der Waals surface area contributed by atoms with Gasteiger partial charge in [0.15, 0.2) is 11.4 Å². The van der Waals surface area contributed by atoms with E-state index in [1.807, 2.05) is 56.7 Å². The van der Waals surface area contributed by atoms with Crippen LogP contribution in [0, 0.1) is 20.8 Å². The maximum atomic E-state index is 13.0. The van der Waals surface area contributed by atoms with Crippen LogP contribution in [0.3, 0.4) is 0 Å². The van der Waals surface area contributed by atoms with Crippen LogP contribution in [0.5, 0.6) is 5.75 Å². The summed E-state index contributed by atoms with van der Waals surface area (Å²) in [6.45, 7) is 6.13. The van der Waals surface area contributed by atoms with Crippen molar-refractivity contribution in [3.63, 3.8) is 0 Å². The quantitative estimate of drug-likeness (QED) is 0.692. The van der Waals surface area contributed by atoms with Crippen molar-refractivity contribution in [2.24, 2.45) is 0 Å². The van der Waals surface area contributed by atoms with E-state index in [2.05, 4.69) is 19.1 Å². The molecule has 0 fully saturated rings. The minimum atomic E-state index is -0.240. The van der Waals surface area contributed by atoms with E-state index in [4.69, 9.17) is 9.72 Å². The lowest BCUT2D eigenvalue weighted by Crippen LogP contribution is -2.33. The Labute approximate surface area is 159 Å². The van der Waals surface area contributed by atoms with Gasteiger partial charge in [-0.25, -0.2) is 4.98 Å². The van der Waals surface area contributed by atoms with Crippen LogP contribution in [0.25, 0.3) is 5.65 Å². The van der Waals surface area contributed by atoms with Crippen molar-refractivity contribution in [1.82, 2.24) is 14.3 Å². The number of nitrogens with zero attached hydrogens (tertiary/aromatic N) is 3. The number of hydrogen-bond acceptors (Lipinski definition) is 3. The summed E-state index contributed by atoms with van der Waals surface area (Å²) in [6.07, 6.45) is 2.46. The van der Waals surface area contributed by atoms with E-state index in [-0.39, 0.29) is 17.9 Å². The molecule has 3 heterocycles. The van der Waals surface area contributed by atoms with E-state index in [0.29, 0.717) is 6.42 Å². The first-order valence-corrected chi connectivity index (χ1v) is 9.30. The normalized spacial score (nSPS) is 18.9. The molecule has 3 aromatic rings. The topological polar surface area (TPSA) is 46.8 Å². The van der Waals surface area contributed by atoms with Crippen molar-refractivity contribution in [3.8, 4) is 5.75 Å². The molecule has 1 amide bonds. The molecular weight excluding hydrogens is 338 g/mol. The number of aromatic nitrogens is 2. The first kappa shape index (κ1) is 17.6. The largest absolute Gasteiger partial charge is 0.481 e. The zero-order valence-electron chi connectivity index (χ0n) is 16.5. The summed E-state index contributed by atoms with van der Waals surface area (Å²) in [5, 5.41) is 0. The van der Waals surface area contributed by atoms with Gasteiger partial charge in [-0.3, -0.25) is 4.79 Å². The van der Waals surface area contributed by atoms with Crippen LogP contribution in [-0.2, 0) is 4.79 Å². The SMILES string of the molecule is Cc1ccccc1[C@@H]1CC(C(=O)N(C)C)c2ccn3c(C)c(C)nc3c2O1. The molecule has 1 aliphatic heterocycles. The van der Waals surface area contributed by atoms with E-state index < -0.39 is 0 Å². The molecule has 4 rings (SSSR count). The third-order valence-corrected chi connectivity index (χ3v) is 5.61. The highest BCUT2D eigenvalue weighted by molar-refractivity contribution is 5.85. The lowest BCUT2D eigenvalue weighted by molar-refractivity contribution is -0.131. The van der Waals surface area contributed by atoms with Crippen molar-refractivity contribution in [2.45, 2.75) is 39.2 Å². The summed E-state index contributed by atoms with van der Waals surface area (Å²) < 4.78 is 8.53. The summed E-state index contributed by atoms with van der Waals surface area (Å²) in [6, 6.07) is 10.2. The van der Waals surface area contributed by atoms with Crippen molar-refractivity contribution in [2.75, 3.05) is 14.1 Å². The highest BCUT2D eigenvalue weighted by Gasteiger charge is 2.36. The molecule has 0 aliphatic carbocycles. The van der Waals surface area contributed by atoms with Gasteiger partial charge < -0.3 is 14.0 Å². The number of amides is 1. The minimum absolute atomic E-state index is 0.0995. The van der Waals surface area contributed by atoms with E-state index in [1.165, 1.54) is 5.56 Å². The van der Waals surface area contributed by atoms with Crippen molar-refractivity contribution in [1.29, 1.82) is 0 Å². The standard InChI is InChI=1S/C22H25N3O2/c1-13-8-6-7-9-16(13)19-12-18(22(26)24(4)5)17-10-11-25-15(3)14(2)23-21(25)20(17)27-19/h6-11,18-19H,12H2,1-5H3/t18?,19-/m0/s1. The number of rotatable bonds is 2. The molecule has 0 N–H and O–H groups in total. The number of carbonyl (C=O) groups excluding carboxylic acids is 1. The second kappa shape index (κ2) is 6.41. The maximum absolute atomic E-state index is 13.0. The Morgan fingerprint density at radius 1 is 1.15 bits per heavy atom. The summed E-state index contributed by atoms with van der Waals surface area (Å²) in [4.78, 5) is 19.4. The molecule has 5 nitrogen and oxygen atoms in total. The Hall–Kier alpha value is -2.82. The zero-order chi connectivity index (χ0) is 19.3. The van der Waals surface area contributed by atoms with E-state index >= 15 is 0 Å². The summed E-state index contributed by atoms with van der Waals surface area (Å²) >= 11 is 0. The fraction of sp³-hybridized carbons (Fsp3) is 0.364. The summed E-state index contributed by atoms with van der Waals surface area (Å²) in [5.41, 5.74) is 6.07. The van der Waals surface area contributed by atoms with Crippen LogP contribution in [-0.4, -0.2) is 34.3 Å². The lowest BCUT2D eigenvalue weighted by Gasteiger charge is -2.33. The highest BCUT2D eigenvalue weighted by Crippen LogP contribution is 2.45. The zero-order valence-corrected chi connectivity index (χ0v) is 16.5. The van der Waals surface area contributed by atoms with Crippen LogP contribution in [0.2, 0.25) is 0 Å².